The second kappa shape index (κ2) is 5.19. The van der Waals surface area contributed by atoms with Crippen LogP contribution in [0.4, 0.5) is 0 Å². The summed E-state index contributed by atoms with van der Waals surface area (Å²) < 4.78 is 0. The summed E-state index contributed by atoms with van der Waals surface area (Å²) in [6.07, 6.45) is 2.32. The van der Waals surface area contributed by atoms with Crippen LogP contribution in [0.5, 0.6) is 0 Å². The molecule has 0 atom stereocenters. The Morgan fingerprint density at radius 2 is 2.23 bits per heavy atom. The van der Waals surface area contributed by atoms with Gasteiger partial charge in [0, 0.05) is 19.1 Å². The van der Waals surface area contributed by atoms with Crippen LogP contribution in [0, 0.1) is 0 Å². The molecule has 1 aliphatic carbocycles. The maximum absolute atomic E-state index is 11.3. The van der Waals surface area contributed by atoms with Gasteiger partial charge in [-0.1, -0.05) is 0 Å². The highest BCUT2D eigenvalue weighted by molar-refractivity contribution is 5.78. The molecule has 0 aliphatic heterocycles. The highest BCUT2D eigenvalue weighted by atomic mass is 16.2. The molecule has 0 aromatic heterocycles. The lowest BCUT2D eigenvalue weighted by Gasteiger charge is -2.15. The average Bonchev–Trinajstić information content (AvgIpc) is 2.84. The van der Waals surface area contributed by atoms with Gasteiger partial charge in [-0.3, -0.25) is 9.69 Å². The molecule has 4 heteroatoms. The van der Waals surface area contributed by atoms with Gasteiger partial charge in [0.15, 0.2) is 0 Å². The van der Waals surface area contributed by atoms with Crippen molar-refractivity contribution in [2.75, 3.05) is 33.7 Å². The number of carbonyl (C=O) groups excluding carboxylic acids is 1. The molecule has 13 heavy (non-hydrogen) atoms. The van der Waals surface area contributed by atoms with Gasteiger partial charge in [0.1, 0.15) is 0 Å². The van der Waals surface area contributed by atoms with Crippen LogP contribution in [-0.2, 0) is 4.79 Å². The van der Waals surface area contributed by atoms with Gasteiger partial charge in [0.05, 0.1) is 6.54 Å². The van der Waals surface area contributed by atoms with Crippen LogP contribution in [0.2, 0.25) is 0 Å². The first kappa shape index (κ1) is 10.5. The van der Waals surface area contributed by atoms with Gasteiger partial charge in [-0.25, -0.2) is 0 Å². The fraction of sp³-hybridized carbons (Fsp3) is 0.889. The van der Waals surface area contributed by atoms with Crippen LogP contribution in [-0.4, -0.2) is 50.6 Å². The third-order valence-electron chi connectivity index (χ3n) is 2.10. The lowest BCUT2D eigenvalue weighted by molar-refractivity contribution is -0.122. The van der Waals surface area contributed by atoms with Crippen LogP contribution >= 0.6 is 0 Å². The first-order valence-electron chi connectivity index (χ1n) is 4.85. The molecule has 0 spiro atoms. The molecule has 1 amide bonds. The van der Waals surface area contributed by atoms with Crippen molar-refractivity contribution in [3.8, 4) is 0 Å². The van der Waals surface area contributed by atoms with Crippen molar-refractivity contribution in [1.29, 1.82) is 0 Å². The molecule has 0 aromatic rings. The highest BCUT2D eigenvalue weighted by Gasteiger charge is 2.23. The predicted molar refractivity (Wildman–Crippen MR) is 52.6 cm³/mol. The Morgan fingerprint density at radius 1 is 1.54 bits per heavy atom. The predicted octanol–water partition coefficient (Wildman–Crippen LogP) is -0.584. The molecule has 0 saturated heterocycles. The Balaban J connectivity index is 2.03. The summed E-state index contributed by atoms with van der Waals surface area (Å²) in [5, 5.41) is 6.01. The summed E-state index contributed by atoms with van der Waals surface area (Å²) in [5.41, 5.74) is 0. The van der Waals surface area contributed by atoms with E-state index in [4.69, 9.17) is 0 Å². The van der Waals surface area contributed by atoms with Crippen LogP contribution < -0.4 is 10.6 Å². The lowest BCUT2D eigenvalue weighted by Crippen LogP contribution is -2.38. The Kier molecular flexibility index (Phi) is 4.18. The van der Waals surface area contributed by atoms with Gasteiger partial charge in [-0.15, -0.1) is 0 Å². The van der Waals surface area contributed by atoms with Gasteiger partial charge in [-0.05, 0) is 26.9 Å². The molecule has 1 fully saturated rings. The number of nitrogens with one attached hydrogen (secondary N) is 2. The second-order valence-electron chi connectivity index (χ2n) is 3.68. The van der Waals surface area contributed by atoms with Gasteiger partial charge in [-0.2, -0.15) is 0 Å². The summed E-state index contributed by atoms with van der Waals surface area (Å²) in [4.78, 5) is 13.3. The number of hydrogen-bond donors (Lipinski definition) is 2. The lowest BCUT2D eigenvalue weighted by atomic mass is 10.4. The van der Waals surface area contributed by atoms with Gasteiger partial charge in [0.25, 0.3) is 0 Å². The number of carbonyl (C=O) groups is 1. The van der Waals surface area contributed by atoms with E-state index in [2.05, 4.69) is 10.6 Å². The molecule has 76 valence electrons. The first-order valence-corrected chi connectivity index (χ1v) is 4.85. The minimum Gasteiger partial charge on any atom is -0.352 e. The number of nitrogens with zero attached hydrogens (tertiary/aromatic N) is 1. The maximum atomic E-state index is 11.3. The molecule has 4 nitrogen and oxygen atoms in total. The smallest absolute Gasteiger partial charge is 0.234 e. The highest BCUT2D eigenvalue weighted by Crippen LogP contribution is 2.18. The SMILES string of the molecule is CNCCN(C)CC(=O)NC1CC1. The quantitative estimate of drug-likeness (QED) is 0.582. The minimum absolute atomic E-state index is 0.154. The summed E-state index contributed by atoms with van der Waals surface area (Å²) in [6.45, 7) is 2.35. The number of likely N-dealkylation sites (N-methyl/N-ethyl adjacent to an activating group) is 2. The standard InChI is InChI=1S/C9H19N3O/c1-10-5-6-12(2)7-9(13)11-8-3-4-8/h8,10H,3-7H2,1-2H3,(H,11,13). The molecule has 0 aromatic carbocycles. The zero-order chi connectivity index (χ0) is 9.68. The van der Waals surface area contributed by atoms with Crippen molar-refractivity contribution >= 4 is 5.91 Å². The molecule has 1 saturated carbocycles. The Labute approximate surface area is 79.7 Å². The molecule has 0 heterocycles. The zero-order valence-electron chi connectivity index (χ0n) is 8.47. The van der Waals surface area contributed by atoms with Crippen molar-refractivity contribution < 1.29 is 4.79 Å². The Morgan fingerprint density at radius 3 is 2.77 bits per heavy atom. The Bertz CT molecular complexity index is 168. The molecule has 1 rings (SSSR count). The maximum Gasteiger partial charge on any atom is 0.234 e. The van der Waals surface area contributed by atoms with Gasteiger partial charge >= 0.3 is 0 Å². The average molecular weight is 185 g/mol. The van der Waals surface area contributed by atoms with E-state index in [-0.39, 0.29) is 5.91 Å². The number of hydrogen-bond acceptors (Lipinski definition) is 3. The van der Waals surface area contributed by atoms with Gasteiger partial charge in [0.2, 0.25) is 5.91 Å². The van der Waals surface area contributed by atoms with Crippen molar-refractivity contribution in [2.24, 2.45) is 0 Å². The monoisotopic (exact) mass is 185 g/mol. The largest absolute Gasteiger partial charge is 0.352 e. The van der Waals surface area contributed by atoms with Crippen LogP contribution in [0.15, 0.2) is 0 Å². The fourth-order valence-electron chi connectivity index (χ4n) is 1.13. The molecular formula is C9H19N3O. The van der Waals surface area contributed by atoms with E-state index >= 15 is 0 Å². The molecule has 0 bridgehead atoms. The molecular weight excluding hydrogens is 166 g/mol. The third kappa shape index (κ3) is 4.85. The van der Waals surface area contributed by atoms with Crippen LogP contribution in [0.3, 0.4) is 0 Å². The summed E-state index contributed by atoms with van der Waals surface area (Å²) in [6, 6.07) is 0.477. The van der Waals surface area contributed by atoms with Crippen molar-refractivity contribution in [3.63, 3.8) is 0 Å². The number of rotatable bonds is 6. The van der Waals surface area contributed by atoms with Gasteiger partial charge < -0.3 is 10.6 Å². The van der Waals surface area contributed by atoms with Crippen LogP contribution in [0.25, 0.3) is 0 Å². The molecule has 0 radical (unpaired) electrons. The molecule has 2 N–H and O–H groups in total. The van der Waals surface area contributed by atoms with E-state index in [0.717, 1.165) is 25.9 Å². The second-order valence-corrected chi connectivity index (χ2v) is 3.68. The van der Waals surface area contributed by atoms with Crippen molar-refractivity contribution in [3.05, 3.63) is 0 Å². The molecule has 1 aliphatic rings. The van der Waals surface area contributed by atoms with Crippen molar-refractivity contribution in [2.45, 2.75) is 18.9 Å². The first-order chi connectivity index (χ1) is 6.22. The van der Waals surface area contributed by atoms with E-state index in [0.29, 0.717) is 12.6 Å². The zero-order valence-corrected chi connectivity index (χ0v) is 8.47. The van der Waals surface area contributed by atoms with E-state index in [1.54, 1.807) is 0 Å². The van der Waals surface area contributed by atoms with E-state index < -0.39 is 0 Å². The summed E-state index contributed by atoms with van der Waals surface area (Å²) >= 11 is 0. The summed E-state index contributed by atoms with van der Waals surface area (Å²) in [5.74, 6) is 0.154. The Hall–Kier alpha value is -0.610. The van der Waals surface area contributed by atoms with E-state index in [9.17, 15) is 4.79 Å². The molecule has 0 unspecified atom stereocenters. The normalized spacial score (nSPS) is 16.2. The van der Waals surface area contributed by atoms with E-state index in [1.807, 2.05) is 19.0 Å². The fourth-order valence-corrected chi connectivity index (χ4v) is 1.13. The minimum atomic E-state index is 0.154. The topological polar surface area (TPSA) is 44.4 Å². The summed E-state index contributed by atoms with van der Waals surface area (Å²) in [7, 11) is 3.88. The van der Waals surface area contributed by atoms with E-state index in [1.165, 1.54) is 0 Å². The van der Waals surface area contributed by atoms with Crippen LogP contribution in [0.1, 0.15) is 12.8 Å². The van der Waals surface area contributed by atoms with Crippen molar-refractivity contribution in [1.82, 2.24) is 15.5 Å². The third-order valence-corrected chi connectivity index (χ3v) is 2.10. The number of amides is 1.